The lowest BCUT2D eigenvalue weighted by molar-refractivity contribution is 0.0951. The van der Waals surface area contributed by atoms with Gasteiger partial charge in [-0.15, -0.1) is 0 Å². The van der Waals surface area contributed by atoms with Crippen LogP contribution in [0.1, 0.15) is 21.5 Å². The summed E-state index contributed by atoms with van der Waals surface area (Å²) in [6, 6.07) is 17.0. The molecule has 5 heteroatoms. The van der Waals surface area contributed by atoms with Gasteiger partial charge in [-0.05, 0) is 36.2 Å². The van der Waals surface area contributed by atoms with E-state index in [9.17, 15) is 4.79 Å². The maximum absolute atomic E-state index is 12.3. The molecule has 0 aliphatic heterocycles. The van der Waals surface area contributed by atoms with Gasteiger partial charge in [0.05, 0.1) is 5.69 Å². The number of hydrogen-bond acceptors (Lipinski definition) is 4. The van der Waals surface area contributed by atoms with Gasteiger partial charge < -0.3 is 11.1 Å². The van der Waals surface area contributed by atoms with Gasteiger partial charge in [0.25, 0.3) is 5.91 Å². The summed E-state index contributed by atoms with van der Waals surface area (Å²) in [5.41, 5.74) is 10.1. The van der Waals surface area contributed by atoms with E-state index in [0.29, 0.717) is 12.1 Å². The van der Waals surface area contributed by atoms with Crippen LogP contribution in [-0.2, 0) is 6.54 Å². The largest absolute Gasteiger partial charge is 0.368 e. The zero-order valence-electron chi connectivity index (χ0n) is 13.4. The van der Waals surface area contributed by atoms with Gasteiger partial charge in [-0.3, -0.25) is 4.79 Å². The van der Waals surface area contributed by atoms with Gasteiger partial charge >= 0.3 is 0 Å². The normalized spacial score (nSPS) is 10.4. The highest BCUT2D eigenvalue weighted by molar-refractivity contribution is 5.94. The van der Waals surface area contributed by atoms with Crippen LogP contribution in [0, 0.1) is 6.92 Å². The third kappa shape index (κ3) is 3.57. The summed E-state index contributed by atoms with van der Waals surface area (Å²) < 4.78 is 0. The van der Waals surface area contributed by atoms with E-state index in [1.165, 1.54) is 0 Å². The van der Waals surface area contributed by atoms with Crippen LogP contribution in [-0.4, -0.2) is 15.9 Å². The molecule has 0 unspecified atom stereocenters. The smallest absolute Gasteiger partial charge is 0.251 e. The molecule has 0 saturated carbocycles. The Labute approximate surface area is 140 Å². The van der Waals surface area contributed by atoms with E-state index in [-0.39, 0.29) is 11.9 Å². The Hall–Kier alpha value is -3.21. The first-order valence-electron chi connectivity index (χ1n) is 7.65. The molecular weight excluding hydrogens is 300 g/mol. The molecule has 5 nitrogen and oxygen atoms in total. The molecule has 1 heterocycles. The molecule has 3 N–H and O–H groups in total. The number of nitrogens with two attached hydrogens (primary N) is 1. The number of aromatic nitrogens is 2. The summed E-state index contributed by atoms with van der Waals surface area (Å²) in [6.45, 7) is 2.54. The molecule has 3 rings (SSSR count). The number of benzene rings is 2. The minimum absolute atomic E-state index is 0.105. The van der Waals surface area contributed by atoms with Crippen molar-refractivity contribution in [1.82, 2.24) is 15.3 Å². The van der Waals surface area contributed by atoms with E-state index < -0.39 is 0 Å². The molecule has 0 radical (unpaired) electrons. The van der Waals surface area contributed by atoms with E-state index in [1.807, 2.05) is 43.3 Å². The molecule has 120 valence electrons. The van der Waals surface area contributed by atoms with Crippen LogP contribution < -0.4 is 11.1 Å². The van der Waals surface area contributed by atoms with Gasteiger partial charge in [-0.25, -0.2) is 9.97 Å². The average molecular weight is 318 g/mol. The average Bonchev–Trinajstić information content (AvgIpc) is 2.61. The summed E-state index contributed by atoms with van der Waals surface area (Å²) in [5, 5.41) is 2.94. The maximum atomic E-state index is 12.3. The number of carbonyl (C=O) groups is 1. The highest BCUT2D eigenvalue weighted by Crippen LogP contribution is 2.17. The predicted octanol–water partition coefficient (Wildman–Crippen LogP) is 2.96. The number of carbonyl (C=O) groups excluding carboxylic acids is 1. The fraction of sp³-hybridized carbons (Fsp3) is 0.105. The third-order valence-electron chi connectivity index (χ3n) is 3.82. The molecule has 0 atom stereocenters. The second-order valence-corrected chi connectivity index (χ2v) is 5.49. The summed E-state index contributed by atoms with van der Waals surface area (Å²) >= 11 is 0. The maximum Gasteiger partial charge on any atom is 0.251 e. The van der Waals surface area contributed by atoms with Crippen molar-refractivity contribution in [2.24, 2.45) is 0 Å². The molecular formula is C19H18N4O. The van der Waals surface area contributed by atoms with E-state index in [0.717, 1.165) is 22.4 Å². The second kappa shape index (κ2) is 6.91. The number of anilines is 1. The zero-order valence-corrected chi connectivity index (χ0v) is 13.4. The summed E-state index contributed by atoms with van der Waals surface area (Å²) in [6.07, 6.45) is 1.61. The van der Waals surface area contributed by atoms with Crippen LogP contribution in [0.2, 0.25) is 0 Å². The van der Waals surface area contributed by atoms with Gasteiger partial charge in [-0.2, -0.15) is 0 Å². The Morgan fingerprint density at radius 3 is 2.54 bits per heavy atom. The molecule has 0 saturated heterocycles. The summed E-state index contributed by atoms with van der Waals surface area (Å²) in [7, 11) is 0. The molecule has 0 aliphatic carbocycles. The number of aryl methyl sites for hydroxylation is 1. The molecule has 2 aromatic carbocycles. The van der Waals surface area contributed by atoms with Crippen molar-refractivity contribution >= 4 is 11.9 Å². The third-order valence-corrected chi connectivity index (χ3v) is 3.82. The lowest BCUT2D eigenvalue weighted by Gasteiger charge is -2.08. The van der Waals surface area contributed by atoms with Gasteiger partial charge in [0.15, 0.2) is 0 Å². The van der Waals surface area contributed by atoms with Crippen molar-refractivity contribution in [3.63, 3.8) is 0 Å². The summed E-state index contributed by atoms with van der Waals surface area (Å²) in [5.74, 6) is 0.125. The van der Waals surface area contributed by atoms with Crippen molar-refractivity contribution in [2.45, 2.75) is 13.5 Å². The minimum Gasteiger partial charge on any atom is -0.368 e. The lowest BCUT2D eigenvalue weighted by Crippen LogP contribution is -2.23. The molecule has 0 aliphatic rings. The molecule has 0 fully saturated rings. The highest BCUT2D eigenvalue weighted by atomic mass is 16.1. The number of hydrogen-bond donors (Lipinski definition) is 2. The van der Waals surface area contributed by atoms with Crippen molar-refractivity contribution in [1.29, 1.82) is 0 Å². The number of nitrogens with one attached hydrogen (secondary N) is 1. The molecule has 0 bridgehead atoms. The van der Waals surface area contributed by atoms with Gasteiger partial charge in [0, 0.05) is 23.9 Å². The first kappa shape index (κ1) is 15.7. The summed E-state index contributed by atoms with van der Waals surface area (Å²) in [4.78, 5) is 20.3. The van der Waals surface area contributed by atoms with Gasteiger partial charge in [0.2, 0.25) is 5.95 Å². The first-order valence-corrected chi connectivity index (χ1v) is 7.65. The van der Waals surface area contributed by atoms with Crippen molar-refractivity contribution in [3.05, 3.63) is 77.5 Å². The van der Waals surface area contributed by atoms with Crippen molar-refractivity contribution < 1.29 is 4.79 Å². The fourth-order valence-electron chi connectivity index (χ4n) is 2.41. The Morgan fingerprint density at radius 2 is 1.83 bits per heavy atom. The minimum atomic E-state index is -0.105. The van der Waals surface area contributed by atoms with Crippen LogP contribution in [0.15, 0.2) is 60.8 Å². The SMILES string of the molecule is Cc1ccccc1CNC(=O)c1ccc(-c2ccnc(N)n2)cc1. The first-order chi connectivity index (χ1) is 11.6. The Balaban J connectivity index is 1.69. The Morgan fingerprint density at radius 1 is 1.08 bits per heavy atom. The highest BCUT2D eigenvalue weighted by Gasteiger charge is 2.07. The van der Waals surface area contributed by atoms with E-state index >= 15 is 0 Å². The van der Waals surface area contributed by atoms with Crippen LogP contribution in [0.25, 0.3) is 11.3 Å². The quantitative estimate of drug-likeness (QED) is 0.775. The van der Waals surface area contributed by atoms with E-state index in [1.54, 1.807) is 24.4 Å². The number of amides is 1. The van der Waals surface area contributed by atoms with Crippen LogP contribution >= 0.6 is 0 Å². The van der Waals surface area contributed by atoms with Crippen molar-refractivity contribution in [2.75, 3.05) is 5.73 Å². The molecule has 1 aromatic heterocycles. The molecule has 3 aromatic rings. The fourth-order valence-corrected chi connectivity index (χ4v) is 2.41. The van der Waals surface area contributed by atoms with Crippen LogP contribution in [0.5, 0.6) is 0 Å². The lowest BCUT2D eigenvalue weighted by atomic mass is 10.1. The Bertz CT molecular complexity index is 859. The molecule has 1 amide bonds. The zero-order chi connectivity index (χ0) is 16.9. The van der Waals surface area contributed by atoms with E-state index in [2.05, 4.69) is 15.3 Å². The number of nitrogens with zero attached hydrogens (tertiary/aromatic N) is 2. The van der Waals surface area contributed by atoms with Gasteiger partial charge in [-0.1, -0.05) is 36.4 Å². The topological polar surface area (TPSA) is 80.9 Å². The second-order valence-electron chi connectivity index (χ2n) is 5.49. The Kier molecular flexibility index (Phi) is 4.52. The van der Waals surface area contributed by atoms with Crippen LogP contribution in [0.3, 0.4) is 0 Å². The number of nitrogen functional groups attached to an aromatic ring is 1. The standard InChI is InChI=1S/C19H18N4O/c1-13-4-2-3-5-16(13)12-22-18(24)15-8-6-14(7-9-15)17-10-11-21-19(20)23-17/h2-11H,12H2,1H3,(H,22,24)(H2,20,21,23). The molecule has 24 heavy (non-hydrogen) atoms. The number of rotatable bonds is 4. The van der Waals surface area contributed by atoms with E-state index in [4.69, 9.17) is 5.73 Å². The predicted molar refractivity (Wildman–Crippen MR) is 94.2 cm³/mol. The monoisotopic (exact) mass is 318 g/mol. The van der Waals surface area contributed by atoms with Gasteiger partial charge in [0.1, 0.15) is 0 Å². The molecule has 0 spiro atoms. The van der Waals surface area contributed by atoms with Crippen molar-refractivity contribution in [3.8, 4) is 11.3 Å². The van der Waals surface area contributed by atoms with Crippen LogP contribution in [0.4, 0.5) is 5.95 Å².